The summed E-state index contributed by atoms with van der Waals surface area (Å²) in [6.45, 7) is 7.74. The summed E-state index contributed by atoms with van der Waals surface area (Å²) in [5.74, 6) is 1.83. The van der Waals surface area contributed by atoms with Gasteiger partial charge in [-0.05, 0) is 6.42 Å². The summed E-state index contributed by atoms with van der Waals surface area (Å²) in [5, 5.41) is 0. The highest BCUT2D eigenvalue weighted by molar-refractivity contribution is 6.01. The van der Waals surface area contributed by atoms with Crippen LogP contribution in [0, 0.1) is 5.41 Å². The lowest BCUT2D eigenvalue weighted by molar-refractivity contribution is -0.124. The molecule has 0 amide bonds. The molecule has 2 heteroatoms. The Morgan fingerprint density at radius 2 is 2.15 bits per heavy atom. The van der Waals surface area contributed by atoms with Crippen LogP contribution in [0.4, 0.5) is 0 Å². The second kappa shape index (κ2) is 2.47. The van der Waals surface area contributed by atoms with Crippen LogP contribution < -0.4 is 0 Å². The summed E-state index contributed by atoms with van der Waals surface area (Å²) in [5.41, 5.74) is 0.661. The largest absolute Gasteiger partial charge is 0.466 e. The molecular weight excluding hydrogens is 164 g/mol. The van der Waals surface area contributed by atoms with Crippen molar-refractivity contribution >= 4 is 5.78 Å². The molecule has 0 aromatic carbocycles. The molecular formula is C11H14O2. The van der Waals surface area contributed by atoms with Crippen LogP contribution in [-0.2, 0) is 9.53 Å². The first-order valence-corrected chi connectivity index (χ1v) is 4.63. The highest BCUT2D eigenvalue weighted by atomic mass is 16.5. The molecule has 2 aliphatic rings. The zero-order valence-electron chi connectivity index (χ0n) is 8.14. The Morgan fingerprint density at radius 3 is 2.85 bits per heavy atom. The Hall–Kier alpha value is -1.05. The first-order chi connectivity index (χ1) is 6.00. The van der Waals surface area contributed by atoms with E-state index in [9.17, 15) is 4.79 Å². The normalized spacial score (nSPS) is 26.0. The number of hydrogen-bond donors (Lipinski definition) is 0. The first-order valence-electron chi connectivity index (χ1n) is 4.63. The molecule has 1 aliphatic carbocycles. The van der Waals surface area contributed by atoms with Gasteiger partial charge in [0.2, 0.25) is 0 Å². The summed E-state index contributed by atoms with van der Waals surface area (Å²) in [6, 6.07) is 0. The van der Waals surface area contributed by atoms with Crippen molar-refractivity contribution in [1.82, 2.24) is 0 Å². The minimum absolute atomic E-state index is 0.202. The number of ketones is 1. The van der Waals surface area contributed by atoms with Gasteiger partial charge in [0.15, 0.2) is 5.78 Å². The third kappa shape index (κ3) is 1.21. The van der Waals surface area contributed by atoms with E-state index in [-0.39, 0.29) is 11.2 Å². The van der Waals surface area contributed by atoms with Gasteiger partial charge < -0.3 is 4.74 Å². The fourth-order valence-electron chi connectivity index (χ4n) is 1.92. The van der Waals surface area contributed by atoms with Crippen molar-refractivity contribution in [2.24, 2.45) is 5.41 Å². The Morgan fingerprint density at radius 1 is 1.46 bits per heavy atom. The molecule has 0 fully saturated rings. The zero-order valence-corrected chi connectivity index (χ0v) is 8.14. The Labute approximate surface area is 78.3 Å². The lowest BCUT2D eigenvalue weighted by Crippen LogP contribution is -2.29. The maximum atomic E-state index is 11.9. The minimum atomic E-state index is -0.202. The summed E-state index contributed by atoms with van der Waals surface area (Å²) < 4.78 is 5.39. The molecule has 0 aromatic rings. The van der Waals surface area contributed by atoms with Crippen LogP contribution >= 0.6 is 0 Å². The second-order valence-electron chi connectivity index (χ2n) is 4.43. The first kappa shape index (κ1) is 8.54. The molecule has 2 rings (SSSR count). The Bertz CT molecular complexity index is 321. The molecule has 0 unspecified atom stereocenters. The van der Waals surface area contributed by atoms with Crippen molar-refractivity contribution in [3.63, 3.8) is 0 Å². The van der Waals surface area contributed by atoms with E-state index in [1.807, 2.05) is 13.8 Å². The van der Waals surface area contributed by atoms with Gasteiger partial charge in [-0.1, -0.05) is 20.4 Å². The van der Waals surface area contributed by atoms with Gasteiger partial charge in [-0.2, -0.15) is 0 Å². The van der Waals surface area contributed by atoms with Crippen LogP contribution in [0.2, 0.25) is 0 Å². The number of carbonyl (C=O) groups is 1. The Balaban J connectivity index is 2.36. The highest BCUT2D eigenvalue weighted by Gasteiger charge is 2.39. The van der Waals surface area contributed by atoms with E-state index in [0.717, 1.165) is 29.9 Å². The fourth-order valence-corrected chi connectivity index (χ4v) is 1.92. The smallest absolute Gasteiger partial charge is 0.168 e. The van der Waals surface area contributed by atoms with Crippen LogP contribution in [0.3, 0.4) is 0 Å². The summed E-state index contributed by atoms with van der Waals surface area (Å²) >= 11 is 0. The summed E-state index contributed by atoms with van der Waals surface area (Å²) in [7, 11) is 0. The van der Waals surface area contributed by atoms with Gasteiger partial charge in [-0.25, -0.2) is 0 Å². The molecule has 0 saturated heterocycles. The average Bonchev–Trinajstić information content (AvgIpc) is 2.40. The van der Waals surface area contributed by atoms with Crippen molar-refractivity contribution < 1.29 is 9.53 Å². The molecule has 1 heterocycles. The van der Waals surface area contributed by atoms with E-state index in [4.69, 9.17) is 4.74 Å². The topological polar surface area (TPSA) is 26.3 Å². The van der Waals surface area contributed by atoms with Crippen LogP contribution in [0.15, 0.2) is 23.7 Å². The molecule has 1 aliphatic heterocycles. The molecule has 70 valence electrons. The third-order valence-corrected chi connectivity index (χ3v) is 2.84. The quantitative estimate of drug-likeness (QED) is 0.569. The number of carbonyl (C=O) groups excluding carboxylic acids is 1. The number of ether oxygens (including phenoxy) is 1. The van der Waals surface area contributed by atoms with Gasteiger partial charge in [-0.15, -0.1) is 0 Å². The van der Waals surface area contributed by atoms with E-state index in [1.54, 1.807) is 0 Å². The van der Waals surface area contributed by atoms with Gasteiger partial charge in [0.25, 0.3) is 0 Å². The number of hydrogen-bond acceptors (Lipinski definition) is 2. The monoisotopic (exact) mass is 178 g/mol. The molecule has 0 bridgehead atoms. The molecule has 0 radical (unpaired) electrons. The molecule has 0 spiro atoms. The summed E-state index contributed by atoms with van der Waals surface area (Å²) in [4.78, 5) is 11.9. The SMILES string of the molecule is C=C1CC2=C(CCC(C)(C)C2=O)O1. The lowest BCUT2D eigenvalue weighted by atomic mass is 9.75. The van der Waals surface area contributed by atoms with Crippen LogP contribution in [0.5, 0.6) is 0 Å². The lowest BCUT2D eigenvalue weighted by Gasteiger charge is -2.27. The van der Waals surface area contributed by atoms with Crippen molar-refractivity contribution in [3.05, 3.63) is 23.7 Å². The average molecular weight is 178 g/mol. The zero-order chi connectivity index (χ0) is 9.64. The molecule has 2 nitrogen and oxygen atoms in total. The van der Waals surface area contributed by atoms with Crippen molar-refractivity contribution in [3.8, 4) is 0 Å². The van der Waals surface area contributed by atoms with E-state index in [0.29, 0.717) is 6.42 Å². The fraction of sp³-hybridized carbons (Fsp3) is 0.545. The molecule has 0 N–H and O–H groups in total. The van der Waals surface area contributed by atoms with Gasteiger partial charge in [0.05, 0.1) is 0 Å². The number of Topliss-reactive ketones (excluding diaryl/α,β-unsaturated/α-hetero) is 1. The molecule has 0 saturated carbocycles. The minimum Gasteiger partial charge on any atom is -0.466 e. The molecule has 0 aromatic heterocycles. The van der Waals surface area contributed by atoms with Gasteiger partial charge in [0, 0.05) is 23.8 Å². The van der Waals surface area contributed by atoms with E-state index in [1.165, 1.54) is 0 Å². The maximum absolute atomic E-state index is 11.9. The number of rotatable bonds is 0. The van der Waals surface area contributed by atoms with Crippen molar-refractivity contribution in [2.75, 3.05) is 0 Å². The Kier molecular flexibility index (Phi) is 1.62. The summed E-state index contributed by atoms with van der Waals surface area (Å²) in [6.07, 6.45) is 2.39. The van der Waals surface area contributed by atoms with E-state index < -0.39 is 0 Å². The molecule has 13 heavy (non-hydrogen) atoms. The van der Waals surface area contributed by atoms with E-state index >= 15 is 0 Å². The molecule has 0 atom stereocenters. The maximum Gasteiger partial charge on any atom is 0.168 e. The van der Waals surface area contributed by atoms with E-state index in [2.05, 4.69) is 6.58 Å². The van der Waals surface area contributed by atoms with Crippen LogP contribution in [0.25, 0.3) is 0 Å². The van der Waals surface area contributed by atoms with Crippen LogP contribution in [0.1, 0.15) is 33.1 Å². The number of allylic oxidation sites excluding steroid dienone is 2. The third-order valence-electron chi connectivity index (χ3n) is 2.84. The van der Waals surface area contributed by atoms with Gasteiger partial charge in [0.1, 0.15) is 11.5 Å². The van der Waals surface area contributed by atoms with Gasteiger partial charge in [-0.3, -0.25) is 4.79 Å². The highest BCUT2D eigenvalue weighted by Crippen LogP contribution is 2.42. The predicted molar refractivity (Wildman–Crippen MR) is 49.9 cm³/mol. The second-order valence-corrected chi connectivity index (χ2v) is 4.43. The van der Waals surface area contributed by atoms with Crippen LogP contribution in [-0.4, -0.2) is 5.78 Å². The predicted octanol–water partition coefficient (Wildman–Crippen LogP) is 2.56. The van der Waals surface area contributed by atoms with Crippen molar-refractivity contribution in [2.45, 2.75) is 33.1 Å². The van der Waals surface area contributed by atoms with Crippen molar-refractivity contribution in [1.29, 1.82) is 0 Å². The van der Waals surface area contributed by atoms with Gasteiger partial charge >= 0.3 is 0 Å². The standard InChI is InChI=1S/C11H14O2/c1-7-6-8-9(13-7)4-5-11(2,3)10(8)12/h1,4-6H2,2-3H3.